The lowest BCUT2D eigenvalue weighted by Crippen LogP contribution is -2.37. The van der Waals surface area contributed by atoms with Gasteiger partial charge in [-0.2, -0.15) is 0 Å². The molecule has 5 nitrogen and oxygen atoms in total. The van der Waals surface area contributed by atoms with Crippen molar-refractivity contribution in [2.45, 2.75) is 6.10 Å². The summed E-state index contributed by atoms with van der Waals surface area (Å²) in [4.78, 5) is 11.8. The van der Waals surface area contributed by atoms with E-state index >= 15 is 0 Å². The highest BCUT2D eigenvalue weighted by Gasteiger charge is 2.11. The van der Waals surface area contributed by atoms with Gasteiger partial charge in [-0.25, -0.2) is 4.39 Å². The standard InChI is InChI=1S/C21H19ClFNO4/c22-18-10-15(23)8-9-20(18)28-13-21(26)24-11-16(25)12-27-19-7-3-5-14-4-1-2-6-17(14)19/h1-10,16,25H,11-13H2,(H,24,26)/t16-/m1/s1. The van der Waals surface area contributed by atoms with Crippen molar-refractivity contribution in [3.63, 3.8) is 0 Å². The van der Waals surface area contributed by atoms with Crippen molar-refractivity contribution in [1.82, 2.24) is 5.32 Å². The molecule has 0 bridgehead atoms. The summed E-state index contributed by atoms with van der Waals surface area (Å²) in [5.74, 6) is -0.0588. The van der Waals surface area contributed by atoms with Crippen molar-refractivity contribution < 1.29 is 23.8 Å². The van der Waals surface area contributed by atoms with Gasteiger partial charge in [0.25, 0.3) is 5.91 Å². The summed E-state index contributed by atoms with van der Waals surface area (Å²) in [6.07, 6.45) is -0.891. The van der Waals surface area contributed by atoms with Crippen LogP contribution >= 0.6 is 11.6 Å². The van der Waals surface area contributed by atoms with Crippen LogP contribution in [-0.2, 0) is 4.79 Å². The number of hydrogen-bond donors (Lipinski definition) is 2. The van der Waals surface area contributed by atoms with Crippen molar-refractivity contribution >= 4 is 28.3 Å². The van der Waals surface area contributed by atoms with Gasteiger partial charge < -0.3 is 19.9 Å². The number of ether oxygens (including phenoxy) is 2. The predicted octanol–water partition coefficient (Wildman–Crippen LogP) is 3.57. The van der Waals surface area contributed by atoms with Crippen molar-refractivity contribution in [3.05, 3.63) is 71.5 Å². The van der Waals surface area contributed by atoms with Crippen LogP contribution in [0.15, 0.2) is 60.7 Å². The molecule has 0 saturated heterocycles. The lowest BCUT2D eigenvalue weighted by Gasteiger charge is -2.15. The maximum absolute atomic E-state index is 13.0. The van der Waals surface area contributed by atoms with Crippen molar-refractivity contribution in [2.24, 2.45) is 0 Å². The van der Waals surface area contributed by atoms with E-state index in [9.17, 15) is 14.3 Å². The molecular formula is C21H19ClFNO4. The van der Waals surface area contributed by atoms with Gasteiger partial charge in [0.05, 0.1) is 5.02 Å². The first-order chi connectivity index (χ1) is 13.5. The molecule has 0 heterocycles. The molecule has 28 heavy (non-hydrogen) atoms. The Kier molecular flexibility index (Phi) is 6.68. The number of carbonyl (C=O) groups is 1. The van der Waals surface area contributed by atoms with E-state index < -0.39 is 17.8 Å². The Morgan fingerprint density at radius 3 is 2.68 bits per heavy atom. The first-order valence-electron chi connectivity index (χ1n) is 8.66. The summed E-state index contributed by atoms with van der Waals surface area (Å²) in [5, 5.41) is 14.7. The zero-order valence-electron chi connectivity index (χ0n) is 14.9. The number of benzene rings is 3. The molecule has 0 saturated carbocycles. The van der Waals surface area contributed by atoms with Gasteiger partial charge in [-0.3, -0.25) is 4.79 Å². The summed E-state index contributed by atoms with van der Waals surface area (Å²) in [6, 6.07) is 17.1. The summed E-state index contributed by atoms with van der Waals surface area (Å²) in [7, 11) is 0. The number of carbonyl (C=O) groups excluding carboxylic acids is 1. The van der Waals surface area contributed by atoms with Gasteiger partial charge in [0, 0.05) is 11.9 Å². The van der Waals surface area contributed by atoms with Crippen molar-refractivity contribution in [2.75, 3.05) is 19.8 Å². The van der Waals surface area contributed by atoms with Gasteiger partial charge in [-0.15, -0.1) is 0 Å². The van der Waals surface area contributed by atoms with E-state index in [2.05, 4.69) is 5.32 Å². The summed E-state index contributed by atoms with van der Waals surface area (Å²) < 4.78 is 23.9. The molecule has 0 spiro atoms. The number of nitrogens with one attached hydrogen (secondary N) is 1. The Balaban J connectivity index is 1.43. The van der Waals surface area contributed by atoms with E-state index in [0.29, 0.717) is 5.75 Å². The van der Waals surface area contributed by atoms with Gasteiger partial charge in [0.2, 0.25) is 0 Å². The SMILES string of the molecule is O=C(COc1ccc(F)cc1Cl)NC[C@@H](O)COc1cccc2ccccc12. The van der Waals surface area contributed by atoms with E-state index in [1.807, 2.05) is 42.5 Å². The van der Waals surface area contributed by atoms with Gasteiger partial charge in [0.1, 0.15) is 30.0 Å². The van der Waals surface area contributed by atoms with Crippen molar-refractivity contribution in [1.29, 1.82) is 0 Å². The van der Waals surface area contributed by atoms with Gasteiger partial charge in [-0.1, -0.05) is 48.0 Å². The Labute approximate surface area is 166 Å². The molecule has 0 fully saturated rings. The molecule has 1 atom stereocenters. The summed E-state index contributed by atoms with van der Waals surface area (Å²) in [5.41, 5.74) is 0. The number of aliphatic hydroxyl groups excluding tert-OH is 1. The van der Waals surface area contributed by atoms with E-state index in [1.165, 1.54) is 12.1 Å². The molecule has 2 N–H and O–H groups in total. The van der Waals surface area contributed by atoms with Crippen LogP contribution < -0.4 is 14.8 Å². The highest BCUT2D eigenvalue weighted by atomic mass is 35.5. The highest BCUT2D eigenvalue weighted by molar-refractivity contribution is 6.32. The molecule has 3 rings (SSSR count). The maximum Gasteiger partial charge on any atom is 0.258 e. The molecule has 3 aromatic carbocycles. The Morgan fingerprint density at radius 2 is 1.86 bits per heavy atom. The number of amides is 1. The van der Waals surface area contributed by atoms with Crippen LogP contribution in [0, 0.1) is 5.82 Å². The van der Waals surface area contributed by atoms with Crippen LogP contribution in [0.1, 0.15) is 0 Å². The second-order valence-corrected chi connectivity index (χ2v) is 6.52. The molecule has 0 aromatic heterocycles. The van der Waals surface area contributed by atoms with E-state index in [0.717, 1.165) is 16.8 Å². The number of aliphatic hydroxyl groups is 1. The van der Waals surface area contributed by atoms with Crippen LogP contribution in [0.3, 0.4) is 0 Å². The van der Waals surface area contributed by atoms with E-state index in [1.54, 1.807) is 0 Å². The number of rotatable bonds is 8. The largest absolute Gasteiger partial charge is 0.490 e. The zero-order valence-corrected chi connectivity index (χ0v) is 15.7. The van der Waals surface area contributed by atoms with E-state index in [-0.39, 0.29) is 30.5 Å². The fourth-order valence-electron chi connectivity index (χ4n) is 2.58. The average Bonchev–Trinajstić information content (AvgIpc) is 2.70. The maximum atomic E-state index is 13.0. The molecule has 7 heteroatoms. The zero-order chi connectivity index (χ0) is 19.9. The number of fused-ring (bicyclic) bond motifs is 1. The minimum atomic E-state index is -0.891. The number of hydrogen-bond acceptors (Lipinski definition) is 4. The lowest BCUT2D eigenvalue weighted by molar-refractivity contribution is -0.123. The highest BCUT2D eigenvalue weighted by Crippen LogP contribution is 2.25. The van der Waals surface area contributed by atoms with Gasteiger partial charge in [-0.05, 0) is 29.7 Å². The molecule has 0 aliphatic rings. The normalized spacial score (nSPS) is 11.8. The fourth-order valence-corrected chi connectivity index (χ4v) is 2.81. The van der Waals surface area contributed by atoms with Gasteiger partial charge in [0.15, 0.2) is 6.61 Å². The van der Waals surface area contributed by atoms with Crippen LogP contribution in [0.2, 0.25) is 5.02 Å². The Bertz CT molecular complexity index is 961. The lowest BCUT2D eigenvalue weighted by atomic mass is 10.1. The number of halogens is 2. The van der Waals surface area contributed by atoms with Crippen LogP contribution in [0.4, 0.5) is 4.39 Å². The smallest absolute Gasteiger partial charge is 0.258 e. The third-order valence-corrected chi connectivity index (χ3v) is 4.26. The van der Waals surface area contributed by atoms with Crippen LogP contribution in [0.5, 0.6) is 11.5 Å². The second kappa shape index (κ2) is 9.39. The molecule has 0 aliphatic carbocycles. The third-order valence-electron chi connectivity index (χ3n) is 3.97. The Morgan fingerprint density at radius 1 is 1.07 bits per heavy atom. The van der Waals surface area contributed by atoms with Crippen LogP contribution in [-0.4, -0.2) is 36.9 Å². The molecule has 0 unspecified atom stereocenters. The molecule has 1 amide bonds. The predicted molar refractivity (Wildman–Crippen MR) is 105 cm³/mol. The first kappa shape index (κ1) is 19.9. The summed E-state index contributed by atoms with van der Waals surface area (Å²) >= 11 is 5.83. The molecule has 0 aliphatic heterocycles. The monoisotopic (exact) mass is 403 g/mol. The molecule has 0 radical (unpaired) electrons. The van der Waals surface area contributed by atoms with E-state index in [4.69, 9.17) is 21.1 Å². The quantitative estimate of drug-likeness (QED) is 0.603. The molecular weight excluding hydrogens is 385 g/mol. The van der Waals surface area contributed by atoms with Gasteiger partial charge >= 0.3 is 0 Å². The van der Waals surface area contributed by atoms with Crippen molar-refractivity contribution in [3.8, 4) is 11.5 Å². The molecule has 146 valence electrons. The minimum Gasteiger partial charge on any atom is -0.490 e. The first-order valence-corrected chi connectivity index (χ1v) is 9.04. The minimum absolute atomic E-state index is 0.00408. The topological polar surface area (TPSA) is 67.8 Å². The molecule has 3 aromatic rings. The second-order valence-electron chi connectivity index (χ2n) is 6.11. The van der Waals surface area contributed by atoms with Crippen LogP contribution in [0.25, 0.3) is 10.8 Å². The fraction of sp³-hybridized carbons (Fsp3) is 0.190. The average molecular weight is 404 g/mol. The third kappa shape index (κ3) is 5.34. The summed E-state index contributed by atoms with van der Waals surface area (Å²) in [6.45, 7) is -0.273. The Hall–Kier alpha value is -2.83.